The van der Waals surface area contributed by atoms with E-state index in [1.807, 2.05) is 0 Å². The Bertz CT molecular complexity index is 241. The summed E-state index contributed by atoms with van der Waals surface area (Å²) in [5.41, 5.74) is 0. The van der Waals surface area contributed by atoms with Crippen molar-refractivity contribution in [3.05, 3.63) is 0 Å². The molecule has 0 saturated carbocycles. The first-order chi connectivity index (χ1) is 7.97. The van der Waals surface area contributed by atoms with Crippen LogP contribution in [0.15, 0.2) is 0 Å². The molecule has 0 heterocycles. The standard InChI is InChI=1S/C12H24O4S/c1-10(2)5-6-16-7-8-17(14)11(3)9-12(13)15-4/h10-11H,5-9H2,1-4H3. The lowest BCUT2D eigenvalue weighted by atomic mass is 10.1. The van der Waals surface area contributed by atoms with Crippen molar-refractivity contribution < 1.29 is 18.5 Å². The number of methoxy groups -OCH3 is 1. The SMILES string of the molecule is COC(=O)CC(C)S(=O)CCOCCC(C)C. The highest BCUT2D eigenvalue weighted by Gasteiger charge is 2.15. The maximum atomic E-state index is 11.7. The lowest BCUT2D eigenvalue weighted by Crippen LogP contribution is -2.21. The molecule has 0 amide bonds. The molecule has 0 rings (SSSR count). The van der Waals surface area contributed by atoms with Crippen LogP contribution in [0.5, 0.6) is 0 Å². The highest BCUT2D eigenvalue weighted by Crippen LogP contribution is 2.04. The van der Waals surface area contributed by atoms with Crippen LogP contribution in [0.3, 0.4) is 0 Å². The van der Waals surface area contributed by atoms with Gasteiger partial charge in [-0.1, -0.05) is 20.8 Å². The van der Waals surface area contributed by atoms with Gasteiger partial charge in [-0.15, -0.1) is 0 Å². The summed E-state index contributed by atoms with van der Waals surface area (Å²) in [4.78, 5) is 11.0. The second kappa shape index (κ2) is 9.59. The van der Waals surface area contributed by atoms with Crippen LogP contribution >= 0.6 is 0 Å². The summed E-state index contributed by atoms with van der Waals surface area (Å²) in [6, 6.07) is 0. The molecule has 0 spiro atoms. The summed E-state index contributed by atoms with van der Waals surface area (Å²) in [6.07, 6.45) is 1.22. The third-order valence-electron chi connectivity index (χ3n) is 2.40. The molecule has 0 aliphatic carbocycles. The first-order valence-electron chi connectivity index (χ1n) is 5.99. The van der Waals surface area contributed by atoms with Crippen LogP contribution in [0.2, 0.25) is 0 Å². The molecule has 0 aromatic heterocycles. The number of carbonyl (C=O) groups is 1. The summed E-state index contributed by atoms with van der Waals surface area (Å²) in [7, 11) is 0.313. The van der Waals surface area contributed by atoms with E-state index in [2.05, 4.69) is 18.6 Å². The third kappa shape index (κ3) is 9.30. The molecule has 0 aromatic rings. The zero-order valence-corrected chi connectivity index (χ0v) is 12.0. The van der Waals surface area contributed by atoms with Crippen LogP contribution < -0.4 is 0 Å². The van der Waals surface area contributed by atoms with E-state index in [-0.39, 0.29) is 17.6 Å². The largest absolute Gasteiger partial charge is 0.469 e. The van der Waals surface area contributed by atoms with Gasteiger partial charge in [-0.05, 0) is 12.3 Å². The zero-order chi connectivity index (χ0) is 13.3. The second-order valence-corrected chi connectivity index (χ2v) is 6.45. The Morgan fingerprint density at radius 1 is 1.24 bits per heavy atom. The fourth-order valence-electron chi connectivity index (χ4n) is 1.17. The zero-order valence-electron chi connectivity index (χ0n) is 11.2. The Hall–Kier alpha value is -0.420. The van der Waals surface area contributed by atoms with E-state index in [1.54, 1.807) is 6.92 Å². The van der Waals surface area contributed by atoms with Crippen molar-refractivity contribution in [2.24, 2.45) is 5.92 Å². The predicted molar refractivity (Wildman–Crippen MR) is 69.4 cm³/mol. The number of carbonyl (C=O) groups excluding carboxylic acids is 1. The molecule has 0 aromatic carbocycles. The van der Waals surface area contributed by atoms with Gasteiger partial charge in [0, 0.05) is 28.4 Å². The molecule has 17 heavy (non-hydrogen) atoms. The Morgan fingerprint density at radius 2 is 1.88 bits per heavy atom. The molecule has 0 bridgehead atoms. The van der Waals surface area contributed by atoms with Crippen LogP contribution in [-0.2, 0) is 25.1 Å². The van der Waals surface area contributed by atoms with Crippen LogP contribution in [0.25, 0.3) is 0 Å². The van der Waals surface area contributed by atoms with Gasteiger partial charge < -0.3 is 9.47 Å². The summed E-state index contributed by atoms with van der Waals surface area (Å²) in [5, 5.41) is -0.170. The van der Waals surface area contributed by atoms with Gasteiger partial charge in [0.15, 0.2) is 0 Å². The summed E-state index contributed by atoms with van der Waals surface area (Å²) in [6.45, 7) is 7.27. The lowest BCUT2D eigenvalue weighted by molar-refractivity contribution is -0.140. The highest BCUT2D eigenvalue weighted by molar-refractivity contribution is 7.85. The van der Waals surface area contributed by atoms with E-state index in [9.17, 15) is 9.00 Å². The minimum atomic E-state index is -1.03. The normalized spacial score (nSPS) is 14.6. The van der Waals surface area contributed by atoms with E-state index in [4.69, 9.17) is 4.74 Å². The average molecular weight is 264 g/mol. The number of esters is 1. The van der Waals surface area contributed by atoms with Gasteiger partial charge in [0.05, 0.1) is 20.1 Å². The number of ether oxygens (including phenoxy) is 2. The minimum absolute atomic E-state index is 0.170. The van der Waals surface area contributed by atoms with Crippen molar-refractivity contribution in [1.82, 2.24) is 0 Å². The molecule has 0 N–H and O–H groups in total. The van der Waals surface area contributed by atoms with Crippen molar-refractivity contribution in [1.29, 1.82) is 0 Å². The lowest BCUT2D eigenvalue weighted by Gasteiger charge is -2.10. The van der Waals surface area contributed by atoms with E-state index in [0.29, 0.717) is 24.9 Å². The van der Waals surface area contributed by atoms with Gasteiger partial charge >= 0.3 is 5.97 Å². The Balaban J connectivity index is 3.61. The van der Waals surface area contributed by atoms with Gasteiger partial charge in [-0.2, -0.15) is 0 Å². The van der Waals surface area contributed by atoms with Crippen LogP contribution in [0, 0.1) is 5.92 Å². The Labute approximate surface area is 107 Å². The molecule has 2 unspecified atom stereocenters. The number of rotatable bonds is 9. The predicted octanol–water partition coefficient (Wildman–Crippen LogP) is 1.75. The molecular formula is C12H24O4S. The van der Waals surface area contributed by atoms with Crippen molar-refractivity contribution >= 4 is 16.8 Å². The molecule has 0 saturated heterocycles. The van der Waals surface area contributed by atoms with Crippen molar-refractivity contribution in [3.8, 4) is 0 Å². The topological polar surface area (TPSA) is 52.6 Å². The minimum Gasteiger partial charge on any atom is -0.469 e. The second-order valence-electron chi connectivity index (χ2n) is 4.47. The van der Waals surface area contributed by atoms with Gasteiger partial charge in [0.2, 0.25) is 0 Å². The molecule has 0 fully saturated rings. The van der Waals surface area contributed by atoms with E-state index in [1.165, 1.54) is 7.11 Å². The molecular weight excluding hydrogens is 240 g/mol. The Morgan fingerprint density at radius 3 is 2.41 bits per heavy atom. The molecule has 102 valence electrons. The van der Waals surface area contributed by atoms with Crippen molar-refractivity contribution in [3.63, 3.8) is 0 Å². The highest BCUT2D eigenvalue weighted by atomic mass is 32.2. The van der Waals surface area contributed by atoms with E-state index >= 15 is 0 Å². The Kier molecular flexibility index (Phi) is 9.36. The number of hydrogen-bond acceptors (Lipinski definition) is 4. The monoisotopic (exact) mass is 264 g/mol. The van der Waals surface area contributed by atoms with Crippen molar-refractivity contribution in [2.75, 3.05) is 26.1 Å². The van der Waals surface area contributed by atoms with E-state index < -0.39 is 10.8 Å². The van der Waals surface area contributed by atoms with E-state index in [0.717, 1.165) is 6.42 Å². The summed E-state index contributed by atoms with van der Waals surface area (Å²) in [5.74, 6) is 0.793. The molecule has 2 atom stereocenters. The quantitative estimate of drug-likeness (QED) is 0.470. The van der Waals surface area contributed by atoms with Gasteiger partial charge in [0.25, 0.3) is 0 Å². The van der Waals surface area contributed by atoms with Crippen LogP contribution in [0.1, 0.15) is 33.6 Å². The summed E-state index contributed by atoms with van der Waals surface area (Å²) < 4.78 is 21.6. The average Bonchev–Trinajstić information content (AvgIpc) is 2.27. The van der Waals surface area contributed by atoms with Crippen LogP contribution in [-0.4, -0.2) is 41.5 Å². The van der Waals surface area contributed by atoms with Gasteiger partial charge in [0.1, 0.15) is 0 Å². The van der Waals surface area contributed by atoms with Gasteiger partial charge in [-0.25, -0.2) is 0 Å². The van der Waals surface area contributed by atoms with Crippen LogP contribution in [0.4, 0.5) is 0 Å². The molecule has 0 radical (unpaired) electrons. The fourth-order valence-corrected chi connectivity index (χ4v) is 2.18. The first kappa shape index (κ1) is 16.6. The molecule has 0 aliphatic rings. The molecule has 5 heteroatoms. The first-order valence-corrected chi connectivity index (χ1v) is 7.37. The maximum Gasteiger partial charge on any atom is 0.306 e. The smallest absolute Gasteiger partial charge is 0.306 e. The molecule has 0 aliphatic heterocycles. The third-order valence-corrected chi connectivity index (χ3v) is 4.03. The fraction of sp³-hybridized carbons (Fsp3) is 0.917. The van der Waals surface area contributed by atoms with Crippen molar-refractivity contribution in [2.45, 2.75) is 38.9 Å². The summed E-state index contributed by atoms with van der Waals surface area (Å²) >= 11 is 0. The maximum absolute atomic E-state index is 11.7. The number of hydrogen-bond donors (Lipinski definition) is 0. The van der Waals surface area contributed by atoms with Gasteiger partial charge in [-0.3, -0.25) is 9.00 Å². The molecule has 4 nitrogen and oxygen atoms in total.